The maximum absolute atomic E-state index is 12.0. The fraction of sp³-hybridized carbons (Fsp3) is 0.917. The summed E-state index contributed by atoms with van der Waals surface area (Å²) < 4.78 is 22.6. The van der Waals surface area contributed by atoms with Crippen molar-refractivity contribution in [3.63, 3.8) is 0 Å². The van der Waals surface area contributed by atoms with Crippen molar-refractivity contribution in [1.29, 1.82) is 0 Å². The molecule has 1 atom stereocenters. The number of carbonyl (C=O) groups is 1. The first-order valence-corrected chi connectivity index (χ1v) is 8.12. The van der Waals surface area contributed by atoms with Gasteiger partial charge in [0.15, 0.2) is 9.84 Å². The minimum atomic E-state index is -2.82. The second kappa shape index (κ2) is 4.86. The van der Waals surface area contributed by atoms with Crippen LogP contribution in [0.4, 0.5) is 0 Å². The fourth-order valence-corrected chi connectivity index (χ4v) is 4.77. The highest BCUT2D eigenvalue weighted by molar-refractivity contribution is 7.91. The third kappa shape index (κ3) is 3.06. The van der Waals surface area contributed by atoms with E-state index in [-0.39, 0.29) is 23.3 Å². The molecular weight excluding hydrogens is 224 g/mol. The number of hydrogen-bond donors (Lipinski definition) is 0. The molecule has 1 unspecified atom stereocenters. The zero-order chi connectivity index (χ0) is 11.6. The van der Waals surface area contributed by atoms with Crippen molar-refractivity contribution in [3.8, 4) is 0 Å². The van der Waals surface area contributed by atoms with Crippen molar-refractivity contribution in [1.82, 2.24) is 0 Å². The van der Waals surface area contributed by atoms with Gasteiger partial charge in [-0.25, -0.2) is 8.42 Å². The van der Waals surface area contributed by atoms with Gasteiger partial charge in [0.25, 0.3) is 0 Å². The van der Waals surface area contributed by atoms with E-state index in [1.807, 2.05) is 0 Å². The summed E-state index contributed by atoms with van der Waals surface area (Å²) in [4.78, 5) is 12.0. The highest BCUT2D eigenvalue weighted by atomic mass is 32.2. The van der Waals surface area contributed by atoms with Crippen LogP contribution in [0, 0.1) is 11.8 Å². The summed E-state index contributed by atoms with van der Waals surface area (Å²) in [5.41, 5.74) is 0. The van der Waals surface area contributed by atoms with Gasteiger partial charge in [-0.3, -0.25) is 4.79 Å². The molecule has 0 bridgehead atoms. The summed E-state index contributed by atoms with van der Waals surface area (Å²) in [7, 11) is -2.82. The normalized spacial score (nSPS) is 30.4. The molecule has 3 nitrogen and oxygen atoms in total. The van der Waals surface area contributed by atoms with Crippen LogP contribution in [-0.4, -0.2) is 25.7 Å². The molecule has 2 aliphatic rings. The second-order valence-corrected chi connectivity index (χ2v) is 7.50. The van der Waals surface area contributed by atoms with Gasteiger partial charge in [-0.1, -0.05) is 19.3 Å². The third-order valence-corrected chi connectivity index (χ3v) is 5.71. The van der Waals surface area contributed by atoms with Crippen LogP contribution in [0.3, 0.4) is 0 Å². The molecule has 1 saturated carbocycles. The lowest BCUT2D eigenvalue weighted by molar-refractivity contribution is -0.124. The van der Waals surface area contributed by atoms with Crippen molar-refractivity contribution < 1.29 is 13.2 Å². The fourth-order valence-electron chi connectivity index (χ4n) is 2.91. The van der Waals surface area contributed by atoms with Crippen LogP contribution >= 0.6 is 0 Å². The van der Waals surface area contributed by atoms with E-state index in [2.05, 4.69) is 0 Å². The average Bonchev–Trinajstić information content (AvgIpc) is 2.59. The summed E-state index contributed by atoms with van der Waals surface area (Å²) in [6, 6.07) is 0. The van der Waals surface area contributed by atoms with Crippen LogP contribution in [0.25, 0.3) is 0 Å². The Morgan fingerprint density at radius 1 is 1.06 bits per heavy atom. The molecule has 0 aromatic carbocycles. The number of sulfone groups is 1. The highest BCUT2D eigenvalue weighted by Gasteiger charge is 2.31. The Balaban J connectivity index is 1.83. The molecule has 92 valence electrons. The molecule has 0 aromatic heterocycles. The molecule has 2 rings (SSSR count). The van der Waals surface area contributed by atoms with Gasteiger partial charge in [0.2, 0.25) is 0 Å². The Morgan fingerprint density at radius 2 is 1.75 bits per heavy atom. The zero-order valence-corrected chi connectivity index (χ0v) is 10.5. The van der Waals surface area contributed by atoms with Gasteiger partial charge in [0.05, 0.1) is 11.5 Å². The second-order valence-electron chi connectivity index (χ2n) is 5.27. The van der Waals surface area contributed by atoms with Crippen molar-refractivity contribution in [2.45, 2.75) is 44.9 Å². The van der Waals surface area contributed by atoms with Crippen molar-refractivity contribution in [2.24, 2.45) is 11.8 Å². The van der Waals surface area contributed by atoms with Crippen molar-refractivity contribution >= 4 is 15.6 Å². The Bertz CT molecular complexity index is 352. The maximum atomic E-state index is 12.0. The number of carbonyl (C=O) groups excluding carboxylic acids is 1. The predicted octanol–water partition coefficient (Wildman–Crippen LogP) is 1.96. The quantitative estimate of drug-likeness (QED) is 0.762. The summed E-state index contributed by atoms with van der Waals surface area (Å²) >= 11 is 0. The predicted molar refractivity (Wildman–Crippen MR) is 63.0 cm³/mol. The van der Waals surface area contributed by atoms with Gasteiger partial charge in [-0.15, -0.1) is 0 Å². The molecule has 1 aliphatic heterocycles. The topological polar surface area (TPSA) is 51.2 Å². The molecular formula is C12H20O3S. The molecule has 0 N–H and O–H groups in total. The standard InChI is InChI=1S/C12H20O3S/c13-12(11-4-2-1-3-5-11)8-10-6-7-16(14,15)9-10/h10-11H,1-9H2. The van der Waals surface area contributed by atoms with E-state index >= 15 is 0 Å². The summed E-state index contributed by atoms with van der Waals surface area (Å²) in [6.45, 7) is 0. The number of hydrogen-bond acceptors (Lipinski definition) is 3. The smallest absolute Gasteiger partial charge is 0.150 e. The lowest BCUT2D eigenvalue weighted by Gasteiger charge is -2.21. The van der Waals surface area contributed by atoms with Gasteiger partial charge in [-0.2, -0.15) is 0 Å². The SMILES string of the molecule is O=C(CC1CCS(=O)(=O)C1)C1CCCCC1. The molecule has 16 heavy (non-hydrogen) atoms. The van der Waals surface area contributed by atoms with E-state index in [0.717, 1.165) is 12.8 Å². The number of ketones is 1. The molecule has 1 saturated heterocycles. The third-order valence-electron chi connectivity index (χ3n) is 3.88. The summed E-state index contributed by atoms with van der Waals surface area (Å²) in [5, 5.41) is 0. The van der Waals surface area contributed by atoms with Gasteiger partial charge in [0.1, 0.15) is 5.78 Å². The minimum Gasteiger partial charge on any atom is -0.299 e. The molecule has 1 heterocycles. The molecule has 0 spiro atoms. The van der Waals surface area contributed by atoms with Crippen LogP contribution < -0.4 is 0 Å². The Morgan fingerprint density at radius 3 is 2.31 bits per heavy atom. The Kier molecular flexibility index (Phi) is 3.67. The summed E-state index contributed by atoms with van der Waals surface area (Å²) in [5.74, 6) is 1.19. The highest BCUT2D eigenvalue weighted by Crippen LogP contribution is 2.29. The van der Waals surface area contributed by atoms with Crippen LogP contribution in [0.1, 0.15) is 44.9 Å². The van der Waals surface area contributed by atoms with Crippen LogP contribution in [0.15, 0.2) is 0 Å². The lowest BCUT2D eigenvalue weighted by Crippen LogP contribution is -2.21. The average molecular weight is 244 g/mol. The molecule has 2 fully saturated rings. The Labute approximate surface area is 97.5 Å². The van der Waals surface area contributed by atoms with Crippen molar-refractivity contribution in [3.05, 3.63) is 0 Å². The largest absolute Gasteiger partial charge is 0.299 e. The van der Waals surface area contributed by atoms with E-state index < -0.39 is 9.84 Å². The molecule has 0 aromatic rings. The maximum Gasteiger partial charge on any atom is 0.150 e. The lowest BCUT2D eigenvalue weighted by atomic mass is 9.83. The van der Waals surface area contributed by atoms with Gasteiger partial charge in [-0.05, 0) is 25.2 Å². The Hall–Kier alpha value is -0.380. The van der Waals surface area contributed by atoms with Gasteiger partial charge >= 0.3 is 0 Å². The van der Waals surface area contributed by atoms with E-state index in [0.29, 0.717) is 18.6 Å². The molecule has 0 amide bonds. The van der Waals surface area contributed by atoms with Crippen LogP contribution in [-0.2, 0) is 14.6 Å². The zero-order valence-electron chi connectivity index (χ0n) is 9.65. The first-order valence-electron chi connectivity index (χ1n) is 6.30. The van der Waals surface area contributed by atoms with Gasteiger partial charge in [0, 0.05) is 12.3 Å². The monoisotopic (exact) mass is 244 g/mol. The first-order chi connectivity index (χ1) is 7.57. The molecule has 4 heteroatoms. The molecule has 0 radical (unpaired) electrons. The summed E-state index contributed by atoms with van der Waals surface area (Å²) in [6.07, 6.45) is 6.83. The number of Topliss-reactive ketones (excluding diaryl/α,β-unsaturated/α-hetero) is 1. The first kappa shape index (κ1) is 12.1. The number of rotatable bonds is 3. The van der Waals surface area contributed by atoms with E-state index in [1.165, 1.54) is 19.3 Å². The van der Waals surface area contributed by atoms with Gasteiger partial charge < -0.3 is 0 Å². The van der Waals surface area contributed by atoms with E-state index in [4.69, 9.17) is 0 Å². The van der Waals surface area contributed by atoms with E-state index in [1.54, 1.807) is 0 Å². The van der Waals surface area contributed by atoms with Crippen molar-refractivity contribution in [2.75, 3.05) is 11.5 Å². The van der Waals surface area contributed by atoms with Crippen LogP contribution in [0.2, 0.25) is 0 Å². The molecule has 1 aliphatic carbocycles. The van der Waals surface area contributed by atoms with Crippen LogP contribution in [0.5, 0.6) is 0 Å². The minimum absolute atomic E-state index is 0.111. The van der Waals surface area contributed by atoms with E-state index in [9.17, 15) is 13.2 Å².